The average molecular weight is 341 g/mol. The molecule has 25 heavy (non-hydrogen) atoms. The first-order valence-corrected chi connectivity index (χ1v) is 8.71. The van der Waals surface area contributed by atoms with Crippen molar-refractivity contribution >= 4 is 5.91 Å². The van der Waals surface area contributed by atoms with Crippen LogP contribution in [0, 0.1) is 20.8 Å². The molecule has 0 atom stereocenters. The summed E-state index contributed by atoms with van der Waals surface area (Å²) in [5.41, 5.74) is 3.76. The molecule has 1 N–H and O–H groups in total. The Labute approximate surface area is 150 Å². The van der Waals surface area contributed by atoms with Crippen LogP contribution in [0.15, 0.2) is 30.3 Å². The minimum atomic E-state index is 0.145. The molecule has 0 saturated heterocycles. The van der Waals surface area contributed by atoms with Gasteiger partial charge in [0.1, 0.15) is 17.2 Å². The van der Waals surface area contributed by atoms with Crippen molar-refractivity contribution in [3.63, 3.8) is 0 Å². The number of carbonyl (C=O) groups excluding carboxylic acids is 1. The van der Waals surface area contributed by atoms with Crippen molar-refractivity contribution < 1.29 is 14.6 Å². The number of aromatic hydroxyl groups is 1. The highest BCUT2D eigenvalue weighted by molar-refractivity contribution is 5.79. The number of hydrogen-bond acceptors (Lipinski definition) is 3. The van der Waals surface area contributed by atoms with Crippen molar-refractivity contribution in [2.45, 2.75) is 41.0 Å². The molecule has 2 aromatic carbocycles. The highest BCUT2D eigenvalue weighted by Gasteiger charge is 2.14. The van der Waals surface area contributed by atoms with Crippen molar-refractivity contribution in [2.24, 2.45) is 0 Å². The van der Waals surface area contributed by atoms with Gasteiger partial charge in [0.25, 0.3) is 0 Å². The van der Waals surface area contributed by atoms with Gasteiger partial charge in [0.2, 0.25) is 5.91 Å². The zero-order valence-electron chi connectivity index (χ0n) is 15.7. The predicted molar refractivity (Wildman–Crippen MR) is 100 cm³/mol. The molecular weight excluding hydrogens is 314 g/mol. The molecule has 0 unspecified atom stereocenters. The molecule has 0 aromatic heterocycles. The lowest BCUT2D eigenvalue weighted by molar-refractivity contribution is -0.130. The molecule has 0 fully saturated rings. The lowest BCUT2D eigenvalue weighted by Gasteiger charge is -2.19. The molecule has 0 aliphatic carbocycles. The van der Waals surface area contributed by atoms with Gasteiger partial charge in [-0.05, 0) is 75.1 Å². The summed E-state index contributed by atoms with van der Waals surface area (Å²) in [5, 5.41) is 9.63. The van der Waals surface area contributed by atoms with Gasteiger partial charge in [-0.1, -0.05) is 12.1 Å². The summed E-state index contributed by atoms with van der Waals surface area (Å²) in [4.78, 5) is 14.2. The molecule has 0 spiro atoms. The normalized spacial score (nSPS) is 10.6. The van der Waals surface area contributed by atoms with E-state index in [9.17, 15) is 9.90 Å². The average Bonchev–Trinajstić information content (AvgIpc) is 2.55. The Morgan fingerprint density at radius 2 is 1.60 bits per heavy atom. The Kier molecular flexibility index (Phi) is 6.07. The predicted octanol–water partition coefficient (Wildman–Crippen LogP) is 4.52. The van der Waals surface area contributed by atoms with Crippen LogP contribution in [0.1, 0.15) is 36.1 Å². The van der Waals surface area contributed by atoms with Gasteiger partial charge in [-0.3, -0.25) is 4.79 Å². The number of rotatable bonds is 6. The molecule has 0 saturated carbocycles. The molecular formula is C21H27NO3. The van der Waals surface area contributed by atoms with Crippen LogP contribution in [0.25, 0.3) is 0 Å². The van der Waals surface area contributed by atoms with Crippen molar-refractivity contribution in [2.75, 3.05) is 13.1 Å². The number of amides is 1. The monoisotopic (exact) mass is 341 g/mol. The van der Waals surface area contributed by atoms with Gasteiger partial charge < -0.3 is 14.7 Å². The van der Waals surface area contributed by atoms with Crippen LogP contribution < -0.4 is 4.74 Å². The van der Waals surface area contributed by atoms with Gasteiger partial charge >= 0.3 is 0 Å². The van der Waals surface area contributed by atoms with Gasteiger partial charge in [0, 0.05) is 13.1 Å². The number of hydrogen-bond donors (Lipinski definition) is 1. The molecule has 0 bridgehead atoms. The number of phenolic OH excluding ortho intramolecular Hbond substituents is 1. The molecule has 0 heterocycles. The van der Waals surface area contributed by atoms with Crippen LogP contribution in [0.2, 0.25) is 0 Å². The summed E-state index contributed by atoms with van der Waals surface area (Å²) in [5.74, 6) is 1.88. The smallest absolute Gasteiger partial charge is 0.226 e. The summed E-state index contributed by atoms with van der Waals surface area (Å²) in [6.07, 6.45) is 0.405. The summed E-state index contributed by atoms with van der Waals surface area (Å²) in [6.45, 7) is 11.3. The first-order valence-electron chi connectivity index (χ1n) is 8.71. The fourth-order valence-electron chi connectivity index (χ4n) is 2.98. The molecule has 0 aliphatic heterocycles. The van der Waals surface area contributed by atoms with Crippen LogP contribution in [0.3, 0.4) is 0 Å². The number of likely N-dealkylation sites (N-methyl/N-ethyl adjacent to an activating group) is 1. The lowest BCUT2D eigenvalue weighted by Crippen LogP contribution is -2.31. The third-order valence-corrected chi connectivity index (χ3v) is 4.38. The Bertz CT molecular complexity index is 741. The van der Waals surface area contributed by atoms with E-state index >= 15 is 0 Å². The fourth-order valence-corrected chi connectivity index (χ4v) is 2.98. The number of nitrogens with zero attached hydrogens (tertiary/aromatic N) is 1. The quantitative estimate of drug-likeness (QED) is 0.840. The van der Waals surface area contributed by atoms with E-state index in [0.29, 0.717) is 12.2 Å². The SMILES string of the molecule is CCN(CC)C(=O)Cc1cc(C)c(Oc2ccc(O)c(C)c2)c(C)c1. The Morgan fingerprint density at radius 1 is 1.00 bits per heavy atom. The Hall–Kier alpha value is -2.49. The van der Waals surface area contributed by atoms with Crippen molar-refractivity contribution in [3.8, 4) is 17.2 Å². The lowest BCUT2D eigenvalue weighted by atomic mass is 10.0. The molecule has 0 radical (unpaired) electrons. The van der Waals surface area contributed by atoms with Gasteiger partial charge in [-0.25, -0.2) is 0 Å². The van der Waals surface area contributed by atoms with Crippen LogP contribution in [-0.4, -0.2) is 29.0 Å². The van der Waals surface area contributed by atoms with E-state index in [0.717, 1.165) is 41.1 Å². The van der Waals surface area contributed by atoms with Crippen LogP contribution in [-0.2, 0) is 11.2 Å². The van der Waals surface area contributed by atoms with Gasteiger partial charge in [-0.15, -0.1) is 0 Å². The molecule has 0 aliphatic rings. The standard InChI is InChI=1S/C21H27NO3/c1-6-22(7-2)20(24)13-17-10-15(4)21(16(5)11-17)25-18-8-9-19(23)14(3)12-18/h8-12,23H,6-7,13H2,1-5H3. The fraction of sp³-hybridized carbons (Fsp3) is 0.381. The van der Waals surface area contributed by atoms with E-state index in [-0.39, 0.29) is 11.7 Å². The third kappa shape index (κ3) is 4.53. The Balaban J connectivity index is 2.22. The molecule has 4 nitrogen and oxygen atoms in total. The van der Waals surface area contributed by atoms with Crippen LogP contribution in [0.5, 0.6) is 17.2 Å². The summed E-state index contributed by atoms with van der Waals surface area (Å²) in [6, 6.07) is 9.21. The number of phenols is 1. The first kappa shape index (κ1) is 18.8. The number of ether oxygens (including phenoxy) is 1. The zero-order valence-corrected chi connectivity index (χ0v) is 15.7. The molecule has 134 valence electrons. The maximum absolute atomic E-state index is 12.3. The second-order valence-electron chi connectivity index (χ2n) is 6.35. The third-order valence-electron chi connectivity index (χ3n) is 4.38. The topological polar surface area (TPSA) is 49.8 Å². The zero-order chi connectivity index (χ0) is 18.6. The van der Waals surface area contributed by atoms with Crippen LogP contribution >= 0.6 is 0 Å². The highest BCUT2D eigenvalue weighted by Crippen LogP contribution is 2.32. The number of benzene rings is 2. The van der Waals surface area contributed by atoms with Gasteiger partial charge in [-0.2, -0.15) is 0 Å². The second kappa shape index (κ2) is 8.06. The highest BCUT2D eigenvalue weighted by atomic mass is 16.5. The van der Waals surface area contributed by atoms with E-state index < -0.39 is 0 Å². The number of aryl methyl sites for hydroxylation is 3. The largest absolute Gasteiger partial charge is 0.508 e. The van der Waals surface area contributed by atoms with Crippen molar-refractivity contribution in [1.82, 2.24) is 4.90 Å². The summed E-state index contributed by atoms with van der Waals surface area (Å²) in [7, 11) is 0. The van der Waals surface area contributed by atoms with E-state index in [4.69, 9.17) is 4.74 Å². The number of carbonyl (C=O) groups is 1. The maximum atomic E-state index is 12.3. The van der Waals surface area contributed by atoms with E-state index in [1.807, 2.05) is 57.7 Å². The van der Waals surface area contributed by atoms with Gasteiger partial charge in [0.15, 0.2) is 0 Å². The Morgan fingerprint density at radius 3 is 2.12 bits per heavy atom. The first-order chi connectivity index (χ1) is 11.8. The van der Waals surface area contributed by atoms with E-state index in [1.165, 1.54) is 0 Å². The minimum absolute atomic E-state index is 0.145. The summed E-state index contributed by atoms with van der Waals surface area (Å²) < 4.78 is 6.02. The van der Waals surface area contributed by atoms with Crippen molar-refractivity contribution in [3.05, 3.63) is 52.6 Å². The van der Waals surface area contributed by atoms with E-state index in [1.54, 1.807) is 12.1 Å². The second-order valence-corrected chi connectivity index (χ2v) is 6.35. The minimum Gasteiger partial charge on any atom is -0.508 e. The van der Waals surface area contributed by atoms with Crippen molar-refractivity contribution in [1.29, 1.82) is 0 Å². The molecule has 2 aromatic rings. The maximum Gasteiger partial charge on any atom is 0.226 e. The molecule has 4 heteroatoms. The van der Waals surface area contributed by atoms with Crippen LogP contribution in [0.4, 0.5) is 0 Å². The van der Waals surface area contributed by atoms with Gasteiger partial charge in [0.05, 0.1) is 6.42 Å². The molecule has 1 amide bonds. The molecule has 2 rings (SSSR count). The summed E-state index contributed by atoms with van der Waals surface area (Å²) >= 11 is 0. The van der Waals surface area contributed by atoms with E-state index in [2.05, 4.69) is 0 Å².